The predicted octanol–water partition coefficient (Wildman–Crippen LogP) is 4.61. The summed E-state index contributed by atoms with van der Waals surface area (Å²) in [5.41, 5.74) is 1.11. The van der Waals surface area contributed by atoms with E-state index in [1.807, 2.05) is 13.0 Å². The highest BCUT2D eigenvalue weighted by molar-refractivity contribution is 14.0. The first kappa shape index (κ1) is 27.7. The number of aliphatic imine (C=N–C) groups is 1. The van der Waals surface area contributed by atoms with Crippen molar-refractivity contribution < 1.29 is 23.0 Å². The first-order valence-corrected chi connectivity index (χ1v) is 10.6. The molecule has 1 aliphatic rings. The summed E-state index contributed by atoms with van der Waals surface area (Å²) in [6, 6.07) is 5.09. The molecule has 9 heteroatoms. The summed E-state index contributed by atoms with van der Waals surface area (Å²) < 4.78 is 40.2. The Kier molecular flexibility index (Phi) is 13.1. The van der Waals surface area contributed by atoms with Gasteiger partial charge in [0.05, 0.1) is 7.11 Å². The zero-order valence-electron chi connectivity index (χ0n) is 18.7. The molecular formula is C22H36F2IN3O3. The van der Waals surface area contributed by atoms with Crippen LogP contribution in [0.4, 0.5) is 8.78 Å². The summed E-state index contributed by atoms with van der Waals surface area (Å²) >= 11 is 0. The van der Waals surface area contributed by atoms with Crippen molar-refractivity contribution in [1.29, 1.82) is 0 Å². The van der Waals surface area contributed by atoms with Gasteiger partial charge in [0.1, 0.15) is 0 Å². The molecule has 0 heterocycles. The number of nitrogens with one attached hydrogen (secondary N) is 2. The predicted molar refractivity (Wildman–Crippen MR) is 130 cm³/mol. The lowest BCUT2D eigenvalue weighted by Gasteiger charge is -2.27. The lowest BCUT2D eigenvalue weighted by atomic mass is 9.83. The summed E-state index contributed by atoms with van der Waals surface area (Å²) in [5.74, 6) is 1.12. The van der Waals surface area contributed by atoms with Gasteiger partial charge in [-0.3, -0.25) is 4.99 Å². The van der Waals surface area contributed by atoms with Gasteiger partial charge in [0.15, 0.2) is 17.5 Å². The van der Waals surface area contributed by atoms with Gasteiger partial charge in [-0.05, 0) is 55.7 Å². The van der Waals surface area contributed by atoms with Crippen molar-refractivity contribution in [3.05, 3.63) is 23.8 Å². The van der Waals surface area contributed by atoms with Crippen LogP contribution < -0.4 is 20.1 Å². The van der Waals surface area contributed by atoms with Gasteiger partial charge in [-0.25, -0.2) is 0 Å². The molecular weight excluding hydrogens is 519 g/mol. The van der Waals surface area contributed by atoms with Gasteiger partial charge in [0.25, 0.3) is 0 Å². The second kappa shape index (κ2) is 14.7. The normalized spacial score (nSPS) is 15.5. The number of hydrogen-bond donors (Lipinski definition) is 2. The maximum absolute atomic E-state index is 12.6. The fourth-order valence-electron chi connectivity index (χ4n) is 3.91. The molecule has 0 atom stereocenters. The van der Waals surface area contributed by atoms with E-state index < -0.39 is 6.61 Å². The van der Waals surface area contributed by atoms with E-state index in [2.05, 4.69) is 15.4 Å². The number of hydrogen-bond acceptors (Lipinski definition) is 4. The number of nitrogens with zero attached hydrogens (tertiary/aromatic N) is 1. The van der Waals surface area contributed by atoms with E-state index in [1.54, 1.807) is 19.2 Å². The third-order valence-electron chi connectivity index (χ3n) is 5.57. The van der Waals surface area contributed by atoms with Crippen LogP contribution in [-0.2, 0) is 11.2 Å². The fourth-order valence-corrected chi connectivity index (χ4v) is 3.91. The highest BCUT2D eigenvalue weighted by Crippen LogP contribution is 2.41. The van der Waals surface area contributed by atoms with E-state index in [0.717, 1.165) is 37.6 Å². The van der Waals surface area contributed by atoms with Crippen LogP contribution in [0.2, 0.25) is 0 Å². The third kappa shape index (κ3) is 9.34. The SMILES string of the molecule is CCNC(=NCC1(CCOC)CCCC1)NCCc1ccc(OC)c(OC(F)F)c1.I. The third-order valence-corrected chi connectivity index (χ3v) is 5.57. The summed E-state index contributed by atoms with van der Waals surface area (Å²) in [4.78, 5) is 4.83. The van der Waals surface area contributed by atoms with Gasteiger partial charge < -0.3 is 24.8 Å². The average Bonchev–Trinajstić information content (AvgIpc) is 3.19. The van der Waals surface area contributed by atoms with Crippen LogP contribution in [0.3, 0.4) is 0 Å². The Hall–Kier alpha value is -1.36. The monoisotopic (exact) mass is 555 g/mol. The second-order valence-electron chi connectivity index (χ2n) is 7.69. The summed E-state index contributed by atoms with van der Waals surface area (Å²) in [7, 11) is 3.17. The summed E-state index contributed by atoms with van der Waals surface area (Å²) in [6.45, 7) is 2.08. The topological polar surface area (TPSA) is 64.1 Å². The van der Waals surface area contributed by atoms with E-state index in [0.29, 0.717) is 18.7 Å². The Morgan fingerprint density at radius 1 is 1.16 bits per heavy atom. The van der Waals surface area contributed by atoms with E-state index in [9.17, 15) is 8.78 Å². The molecule has 0 saturated heterocycles. The molecule has 6 nitrogen and oxygen atoms in total. The van der Waals surface area contributed by atoms with Crippen LogP contribution in [0.25, 0.3) is 0 Å². The van der Waals surface area contributed by atoms with Gasteiger partial charge in [0.2, 0.25) is 0 Å². The molecule has 0 aromatic heterocycles. The number of rotatable bonds is 12. The van der Waals surface area contributed by atoms with Crippen molar-refractivity contribution in [3.8, 4) is 11.5 Å². The van der Waals surface area contributed by atoms with Crippen LogP contribution in [0.1, 0.15) is 44.6 Å². The standard InChI is InChI=1S/C22H35F2N3O3.HI/c1-4-25-21(27-16-22(12-14-28-2)10-5-6-11-22)26-13-9-17-7-8-18(29-3)19(15-17)30-20(23)24;/h7-8,15,20H,4-6,9-14,16H2,1-3H3,(H2,25,26,27);1H. The number of alkyl halides is 2. The molecule has 1 aromatic rings. The largest absolute Gasteiger partial charge is 0.493 e. The van der Waals surface area contributed by atoms with E-state index in [-0.39, 0.29) is 35.1 Å². The lowest BCUT2D eigenvalue weighted by Crippen LogP contribution is -2.39. The van der Waals surface area contributed by atoms with Crippen molar-refractivity contribution in [1.82, 2.24) is 10.6 Å². The Labute approximate surface area is 201 Å². The van der Waals surface area contributed by atoms with Crippen molar-refractivity contribution in [2.24, 2.45) is 10.4 Å². The Bertz CT molecular complexity index is 671. The Morgan fingerprint density at radius 2 is 1.90 bits per heavy atom. The maximum atomic E-state index is 12.6. The number of guanidine groups is 1. The molecule has 0 bridgehead atoms. The van der Waals surface area contributed by atoms with E-state index in [1.165, 1.54) is 32.8 Å². The van der Waals surface area contributed by atoms with Gasteiger partial charge in [-0.2, -0.15) is 8.78 Å². The highest BCUT2D eigenvalue weighted by Gasteiger charge is 2.33. The first-order valence-electron chi connectivity index (χ1n) is 10.6. The summed E-state index contributed by atoms with van der Waals surface area (Å²) in [5, 5.41) is 6.63. The van der Waals surface area contributed by atoms with Crippen LogP contribution in [0, 0.1) is 5.41 Å². The van der Waals surface area contributed by atoms with Crippen molar-refractivity contribution in [2.75, 3.05) is 40.5 Å². The molecule has 0 spiro atoms. The number of benzene rings is 1. The van der Waals surface area contributed by atoms with Crippen LogP contribution in [0.5, 0.6) is 11.5 Å². The molecule has 0 unspecified atom stereocenters. The molecule has 1 saturated carbocycles. The van der Waals surface area contributed by atoms with Crippen molar-refractivity contribution >= 4 is 29.9 Å². The fraction of sp³-hybridized carbons (Fsp3) is 0.682. The van der Waals surface area contributed by atoms with Gasteiger partial charge in [-0.15, -0.1) is 24.0 Å². The molecule has 1 aliphatic carbocycles. The van der Waals surface area contributed by atoms with Crippen LogP contribution in [0.15, 0.2) is 23.2 Å². The quantitative estimate of drug-likeness (QED) is 0.224. The number of halogens is 3. The Morgan fingerprint density at radius 3 is 2.52 bits per heavy atom. The molecule has 178 valence electrons. The van der Waals surface area contributed by atoms with E-state index in [4.69, 9.17) is 14.5 Å². The average molecular weight is 555 g/mol. The highest BCUT2D eigenvalue weighted by atomic mass is 127. The maximum Gasteiger partial charge on any atom is 0.387 e. The number of methoxy groups -OCH3 is 2. The first-order chi connectivity index (χ1) is 14.5. The smallest absolute Gasteiger partial charge is 0.387 e. The molecule has 0 radical (unpaired) electrons. The zero-order valence-corrected chi connectivity index (χ0v) is 21.0. The molecule has 0 aliphatic heterocycles. The minimum absolute atomic E-state index is 0. The molecule has 2 N–H and O–H groups in total. The minimum atomic E-state index is -2.89. The number of ether oxygens (including phenoxy) is 3. The summed E-state index contributed by atoms with van der Waals surface area (Å²) in [6.07, 6.45) is 6.57. The second-order valence-corrected chi connectivity index (χ2v) is 7.69. The minimum Gasteiger partial charge on any atom is -0.493 e. The molecule has 31 heavy (non-hydrogen) atoms. The van der Waals surface area contributed by atoms with Gasteiger partial charge in [-0.1, -0.05) is 18.9 Å². The molecule has 2 rings (SSSR count). The van der Waals surface area contributed by atoms with Crippen LogP contribution in [-0.4, -0.2) is 53.0 Å². The molecule has 1 aromatic carbocycles. The zero-order chi connectivity index (χ0) is 21.8. The van der Waals surface area contributed by atoms with Gasteiger partial charge in [0, 0.05) is 33.4 Å². The van der Waals surface area contributed by atoms with Crippen LogP contribution >= 0.6 is 24.0 Å². The van der Waals surface area contributed by atoms with E-state index >= 15 is 0 Å². The van der Waals surface area contributed by atoms with Crippen molar-refractivity contribution in [2.45, 2.75) is 52.1 Å². The Balaban J connectivity index is 0.00000480. The molecule has 0 amide bonds. The molecule has 1 fully saturated rings. The van der Waals surface area contributed by atoms with Crippen molar-refractivity contribution in [3.63, 3.8) is 0 Å². The lowest BCUT2D eigenvalue weighted by molar-refractivity contribution is -0.0512. The van der Waals surface area contributed by atoms with Gasteiger partial charge >= 0.3 is 6.61 Å².